The third kappa shape index (κ3) is 1.04. The molecule has 1 unspecified atom stereocenters. The number of ether oxygens (including phenoxy) is 1. The fourth-order valence-corrected chi connectivity index (χ4v) is 0.949. The van der Waals surface area contributed by atoms with E-state index in [1.165, 1.54) is 0 Å². The van der Waals surface area contributed by atoms with Gasteiger partial charge in [0.2, 0.25) is 5.91 Å². The first-order chi connectivity index (χ1) is 4.57. The lowest BCUT2D eigenvalue weighted by molar-refractivity contribution is -0.121. The molecule has 3 heteroatoms. The van der Waals surface area contributed by atoms with Gasteiger partial charge in [-0.1, -0.05) is 0 Å². The average molecular weight is 141 g/mol. The van der Waals surface area contributed by atoms with Gasteiger partial charge in [-0.25, -0.2) is 0 Å². The molecule has 1 atom stereocenters. The summed E-state index contributed by atoms with van der Waals surface area (Å²) in [4.78, 5) is 10.9. The van der Waals surface area contributed by atoms with E-state index in [0.29, 0.717) is 5.57 Å². The van der Waals surface area contributed by atoms with Crippen molar-refractivity contribution >= 4 is 5.91 Å². The molecule has 1 N–H and O–H groups in total. The minimum Gasteiger partial charge on any atom is -0.356 e. The molecule has 0 aromatic heterocycles. The Balaban J connectivity index is 2.82. The van der Waals surface area contributed by atoms with Gasteiger partial charge in [-0.2, -0.15) is 0 Å². The van der Waals surface area contributed by atoms with Gasteiger partial charge in [-0.3, -0.25) is 4.79 Å². The summed E-state index contributed by atoms with van der Waals surface area (Å²) in [7, 11) is 1.56. The molecule has 1 heterocycles. The molecule has 1 amide bonds. The Morgan fingerprint density at radius 1 is 1.70 bits per heavy atom. The SMILES string of the molecule is COC1(C)C=C(C)C(=O)N1. The maximum atomic E-state index is 10.9. The lowest BCUT2D eigenvalue weighted by Gasteiger charge is -2.19. The summed E-state index contributed by atoms with van der Waals surface area (Å²) in [6.07, 6.45) is 1.77. The van der Waals surface area contributed by atoms with Gasteiger partial charge in [-0.15, -0.1) is 0 Å². The van der Waals surface area contributed by atoms with Gasteiger partial charge in [0.1, 0.15) is 0 Å². The van der Waals surface area contributed by atoms with Crippen molar-refractivity contribution in [2.75, 3.05) is 7.11 Å². The van der Waals surface area contributed by atoms with Crippen LogP contribution in [0.1, 0.15) is 13.8 Å². The third-order valence-electron chi connectivity index (χ3n) is 1.64. The van der Waals surface area contributed by atoms with Crippen molar-refractivity contribution in [1.29, 1.82) is 0 Å². The van der Waals surface area contributed by atoms with E-state index in [1.807, 2.05) is 0 Å². The zero-order chi connectivity index (χ0) is 7.78. The summed E-state index contributed by atoms with van der Waals surface area (Å²) >= 11 is 0. The predicted molar refractivity (Wildman–Crippen MR) is 37.3 cm³/mol. The molecule has 1 aliphatic rings. The zero-order valence-corrected chi connectivity index (χ0v) is 6.39. The maximum absolute atomic E-state index is 10.9. The standard InChI is InChI=1S/C7H11NO2/c1-5-4-7(2,10-3)8-6(5)9/h4H,1-3H3,(H,8,9). The van der Waals surface area contributed by atoms with Crippen LogP contribution >= 0.6 is 0 Å². The molecule has 0 spiro atoms. The smallest absolute Gasteiger partial charge is 0.249 e. The van der Waals surface area contributed by atoms with E-state index in [1.54, 1.807) is 27.0 Å². The molecule has 3 nitrogen and oxygen atoms in total. The molecule has 1 aliphatic heterocycles. The van der Waals surface area contributed by atoms with Gasteiger partial charge in [0.25, 0.3) is 0 Å². The maximum Gasteiger partial charge on any atom is 0.249 e. The molecule has 10 heavy (non-hydrogen) atoms. The molecule has 0 aromatic carbocycles. The number of carbonyl (C=O) groups is 1. The minimum absolute atomic E-state index is 0.0515. The van der Waals surface area contributed by atoms with Crippen LogP contribution in [0.2, 0.25) is 0 Å². The molecule has 0 saturated carbocycles. The van der Waals surface area contributed by atoms with Crippen molar-refractivity contribution < 1.29 is 9.53 Å². The van der Waals surface area contributed by atoms with Crippen LogP contribution in [0.25, 0.3) is 0 Å². The highest BCUT2D eigenvalue weighted by Gasteiger charge is 2.30. The van der Waals surface area contributed by atoms with Gasteiger partial charge < -0.3 is 10.1 Å². The minimum atomic E-state index is -0.582. The van der Waals surface area contributed by atoms with Crippen LogP contribution in [0.5, 0.6) is 0 Å². The van der Waals surface area contributed by atoms with Crippen LogP contribution in [0.15, 0.2) is 11.6 Å². The van der Waals surface area contributed by atoms with Crippen LogP contribution < -0.4 is 5.32 Å². The summed E-state index contributed by atoms with van der Waals surface area (Å²) < 4.78 is 5.03. The lowest BCUT2D eigenvalue weighted by atomic mass is 10.2. The summed E-state index contributed by atoms with van der Waals surface area (Å²) in [5.41, 5.74) is 0.130. The van der Waals surface area contributed by atoms with Crippen LogP contribution in [0.4, 0.5) is 0 Å². The number of hydrogen-bond donors (Lipinski definition) is 1. The van der Waals surface area contributed by atoms with E-state index in [9.17, 15) is 4.79 Å². The van der Waals surface area contributed by atoms with E-state index in [2.05, 4.69) is 5.32 Å². The Morgan fingerprint density at radius 3 is 2.50 bits per heavy atom. The Morgan fingerprint density at radius 2 is 2.30 bits per heavy atom. The predicted octanol–water partition coefficient (Wildman–Crippen LogP) is 0.425. The number of hydrogen-bond acceptors (Lipinski definition) is 2. The van der Waals surface area contributed by atoms with Crippen LogP contribution in [-0.4, -0.2) is 18.7 Å². The van der Waals surface area contributed by atoms with Gasteiger partial charge in [0, 0.05) is 12.7 Å². The Hall–Kier alpha value is -0.830. The third-order valence-corrected chi connectivity index (χ3v) is 1.64. The first kappa shape index (κ1) is 7.28. The van der Waals surface area contributed by atoms with E-state index < -0.39 is 5.72 Å². The molecular weight excluding hydrogens is 130 g/mol. The number of methoxy groups -OCH3 is 1. The molecule has 0 aliphatic carbocycles. The van der Waals surface area contributed by atoms with Crippen molar-refractivity contribution in [3.05, 3.63) is 11.6 Å². The molecule has 56 valence electrons. The molecule has 0 radical (unpaired) electrons. The lowest BCUT2D eigenvalue weighted by Crippen LogP contribution is -2.40. The van der Waals surface area contributed by atoms with E-state index >= 15 is 0 Å². The number of rotatable bonds is 1. The Bertz CT molecular complexity index is 198. The average Bonchev–Trinajstić information content (AvgIpc) is 2.10. The zero-order valence-electron chi connectivity index (χ0n) is 6.39. The number of amides is 1. The van der Waals surface area contributed by atoms with Crippen molar-refractivity contribution in [3.63, 3.8) is 0 Å². The molecular formula is C7H11NO2. The summed E-state index contributed by atoms with van der Waals surface area (Å²) in [6.45, 7) is 3.57. The molecule has 0 aromatic rings. The fraction of sp³-hybridized carbons (Fsp3) is 0.571. The second-order valence-corrected chi connectivity index (χ2v) is 2.59. The normalized spacial score (nSPS) is 31.9. The highest BCUT2D eigenvalue weighted by molar-refractivity contribution is 5.96. The first-order valence-electron chi connectivity index (χ1n) is 3.14. The molecule has 0 fully saturated rings. The van der Waals surface area contributed by atoms with Crippen molar-refractivity contribution in [2.45, 2.75) is 19.6 Å². The topological polar surface area (TPSA) is 38.3 Å². The van der Waals surface area contributed by atoms with Gasteiger partial charge >= 0.3 is 0 Å². The summed E-state index contributed by atoms with van der Waals surface area (Å²) in [5.74, 6) is -0.0515. The second kappa shape index (κ2) is 2.09. The van der Waals surface area contributed by atoms with Crippen molar-refractivity contribution in [1.82, 2.24) is 5.32 Å². The van der Waals surface area contributed by atoms with Gasteiger partial charge in [0.15, 0.2) is 5.72 Å². The quantitative estimate of drug-likeness (QED) is 0.575. The monoisotopic (exact) mass is 141 g/mol. The summed E-state index contributed by atoms with van der Waals surface area (Å²) in [6, 6.07) is 0. The van der Waals surface area contributed by atoms with Crippen molar-refractivity contribution in [3.8, 4) is 0 Å². The van der Waals surface area contributed by atoms with Crippen molar-refractivity contribution in [2.24, 2.45) is 0 Å². The van der Waals surface area contributed by atoms with E-state index in [0.717, 1.165) is 0 Å². The van der Waals surface area contributed by atoms with E-state index in [4.69, 9.17) is 4.74 Å². The number of nitrogens with one attached hydrogen (secondary N) is 1. The van der Waals surface area contributed by atoms with Gasteiger partial charge in [-0.05, 0) is 19.9 Å². The molecule has 1 rings (SSSR count). The number of carbonyl (C=O) groups excluding carboxylic acids is 1. The second-order valence-electron chi connectivity index (χ2n) is 2.59. The Labute approximate surface area is 60.1 Å². The Kier molecular flexibility index (Phi) is 1.52. The van der Waals surface area contributed by atoms with E-state index in [-0.39, 0.29) is 5.91 Å². The van der Waals surface area contributed by atoms with Crippen LogP contribution in [0.3, 0.4) is 0 Å². The highest BCUT2D eigenvalue weighted by atomic mass is 16.5. The molecule has 0 saturated heterocycles. The fourth-order valence-electron chi connectivity index (χ4n) is 0.949. The first-order valence-corrected chi connectivity index (χ1v) is 3.14. The van der Waals surface area contributed by atoms with Gasteiger partial charge in [0.05, 0.1) is 0 Å². The summed E-state index contributed by atoms with van der Waals surface area (Å²) in [5, 5.41) is 2.68. The largest absolute Gasteiger partial charge is 0.356 e. The van der Waals surface area contributed by atoms with Crippen LogP contribution in [0, 0.1) is 0 Å². The highest BCUT2D eigenvalue weighted by Crippen LogP contribution is 2.16. The molecule has 0 bridgehead atoms. The van der Waals surface area contributed by atoms with Crippen LogP contribution in [-0.2, 0) is 9.53 Å².